The van der Waals surface area contributed by atoms with Crippen molar-refractivity contribution in [1.29, 1.82) is 0 Å². The van der Waals surface area contributed by atoms with Crippen LogP contribution in [0, 0.1) is 5.82 Å². The maximum absolute atomic E-state index is 12.8. The summed E-state index contributed by atoms with van der Waals surface area (Å²) in [6.07, 6.45) is 1.33. The lowest BCUT2D eigenvalue weighted by Gasteiger charge is -2.07. The summed E-state index contributed by atoms with van der Waals surface area (Å²) in [6.45, 7) is 0. The van der Waals surface area contributed by atoms with E-state index in [1.165, 1.54) is 24.4 Å². The van der Waals surface area contributed by atoms with E-state index in [1.54, 1.807) is 0 Å². The molecule has 0 atom stereocenters. The summed E-state index contributed by atoms with van der Waals surface area (Å²) in [5.41, 5.74) is 0.251. The van der Waals surface area contributed by atoms with Crippen molar-refractivity contribution in [2.45, 2.75) is 5.03 Å². The second kappa shape index (κ2) is 4.46. The fraction of sp³-hybridized carbons (Fsp3) is 0. The van der Waals surface area contributed by atoms with Gasteiger partial charge in [-0.2, -0.15) is 13.5 Å². The molecule has 1 heterocycles. The van der Waals surface area contributed by atoms with Crippen LogP contribution in [0.4, 0.5) is 10.1 Å². The maximum atomic E-state index is 12.8. The highest BCUT2D eigenvalue weighted by atomic mass is 79.9. The number of nitrogens with zero attached hydrogens (tertiary/aromatic N) is 1. The van der Waals surface area contributed by atoms with E-state index in [0.29, 0.717) is 4.47 Å². The topological polar surface area (TPSA) is 74.8 Å². The Morgan fingerprint density at radius 3 is 2.71 bits per heavy atom. The predicted octanol–water partition coefficient (Wildman–Crippen LogP) is 2.11. The molecule has 0 aliphatic rings. The molecular weight excluding hydrogens is 313 g/mol. The van der Waals surface area contributed by atoms with Gasteiger partial charge >= 0.3 is 0 Å². The van der Waals surface area contributed by atoms with Crippen molar-refractivity contribution in [2.75, 3.05) is 4.72 Å². The average Bonchev–Trinajstić information content (AvgIpc) is 2.76. The van der Waals surface area contributed by atoms with Gasteiger partial charge in [-0.25, -0.2) is 4.39 Å². The largest absolute Gasteiger partial charge is 0.278 e. The van der Waals surface area contributed by atoms with E-state index in [9.17, 15) is 12.8 Å². The first-order valence-corrected chi connectivity index (χ1v) is 6.74. The molecule has 17 heavy (non-hydrogen) atoms. The van der Waals surface area contributed by atoms with Gasteiger partial charge in [0.15, 0.2) is 5.03 Å². The molecule has 0 aliphatic carbocycles. The number of aromatic amines is 1. The Balaban J connectivity index is 2.33. The fourth-order valence-electron chi connectivity index (χ4n) is 1.16. The highest BCUT2D eigenvalue weighted by Crippen LogP contribution is 2.25. The lowest BCUT2D eigenvalue weighted by atomic mass is 10.3. The van der Waals surface area contributed by atoms with Crippen molar-refractivity contribution in [3.8, 4) is 0 Å². The molecule has 8 heteroatoms. The number of hydrogen-bond acceptors (Lipinski definition) is 3. The Kier molecular flexibility index (Phi) is 3.16. The van der Waals surface area contributed by atoms with Gasteiger partial charge in [0, 0.05) is 4.47 Å². The molecule has 2 aromatic rings. The molecule has 0 bridgehead atoms. The fourth-order valence-corrected chi connectivity index (χ4v) is 2.74. The van der Waals surface area contributed by atoms with Crippen LogP contribution in [-0.4, -0.2) is 18.6 Å². The van der Waals surface area contributed by atoms with Gasteiger partial charge < -0.3 is 0 Å². The Morgan fingerprint density at radius 1 is 1.35 bits per heavy atom. The number of anilines is 1. The van der Waals surface area contributed by atoms with Gasteiger partial charge in [-0.3, -0.25) is 9.82 Å². The summed E-state index contributed by atoms with van der Waals surface area (Å²) in [6, 6.07) is 4.98. The van der Waals surface area contributed by atoms with Crippen molar-refractivity contribution in [3.05, 3.63) is 40.8 Å². The molecular formula is C9H7BrFN3O2S. The van der Waals surface area contributed by atoms with E-state index in [-0.39, 0.29) is 10.7 Å². The van der Waals surface area contributed by atoms with Gasteiger partial charge in [-0.1, -0.05) is 0 Å². The third kappa shape index (κ3) is 2.64. The van der Waals surface area contributed by atoms with Crippen molar-refractivity contribution in [1.82, 2.24) is 10.2 Å². The Morgan fingerprint density at radius 2 is 2.12 bits per heavy atom. The van der Waals surface area contributed by atoms with E-state index >= 15 is 0 Å². The summed E-state index contributed by atoms with van der Waals surface area (Å²) in [5, 5.41) is 5.83. The maximum Gasteiger partial charge on any atom is 0.278 e. The van der Waals surface area contributed by atoms with E-state index in [2.05, 4.69) is 30.8 Å². The average molecular weight is 320 g/mol. The third-order valence-corrected chi connectivity index (χ3v) is 3.89. The van der Waals surface area contributed by atoms with Crippen LogP contribution in [0.15, 0.2) is 40.0 Å². The molecule has 1 aromatic heterocycles. The molecule has 90 valence electrons. The number of benzene rings is 1. The van der Waals surface area contributed by atoms with Crippen molar-refractivity contribution in [2.24, 2.45) is 0 Å². The smallest absolute Gasteiger partial charge is 0.277 e. The molecule has 2 rings (SSSR count). The van der Waals surface area contributed by atoms with Crippen molar-refractivity contribution >= 4 is 31.6 Å². The van der Waals surface area contributed by atoms with Gasteiger partial charge in [0.05, 0.1) is 11.9 Å². The molecule has 0 amide bonds. The van der Waals surface area contributed by atoms with Gasteiger partial charge in [0.2, 0.25) is 0 Å². The molecule has 0 saturated heterocycles. The number of rotatable bonds is 3. The van der Waals surface area contributed by atoms with Crippen molar-refractivity contribution < 1.29 is 12.8 Å². The highest BCUT2D eigenvalue weighted by Gasteiger charge is 2.16. The van der Waals surface area contributed by atoms with Crippen LogP contribution in [0.3, 0.4) is 0 Å². The van der Waals surface area contributed by atoms with Crippen LogP contribution in [0.5, 0.6) is 0 Å². The molecule has 0 saturated carbocycles. The molecule has 2 N–H and O–H groups in total. The van der Waals surface area contributed by atoms with E-state index < -0.39 is 15.8 Å². The van der Waals surface area contributed by atoms with E-state index in [1.807, 2.05) is 0 Å². The summed E-state index contributed by atoms with van der Waals surface area (Å²) >= 11 is 3.07. The first-order chi connectivity index (χ1) is 7.99. The van der Waals surface area contributed by atoms with E-state index in [4.69, 9.17) is 0 Å². The first kappa shape index (κ1) is 12.1. The standard InChI is InChI=1S/C9H7BrFN3O2S/c10-7-5-6(11)1-2-8(7)14-17(15,16)9-3-4-12-13-9/h1-5,14H,(H,12,13). The summed E-state index contributed by atoms with van der Waals surface area (Å²) < 4.78 is 39.1. The zero-order valence-corrected chi connectivity index (χ0v) is 10.7. The predicted molar refractivity (Wildman–Crippen MR) is 63.5 cm³/mol. The summed E-state index contributed by atoms with van der Waals surface area (Å²) in [7, 11) is -3.73. The summed E-state index contributed by atoms with van der Waals surface area (Å²) in [4.78, 5) is 0. The number of H-pyrrole nitrogens is 1. The molecule has 0 radical (unpaired) electrons. The zero-order chi connectivity index (χ0) is 12.5. The molecule has 0 fully saturated rings. The zero-order valence-electron chi connectivity index (χ0n) is 8.31. The number of aromatic nitrogens is 2. The van der Waals surface area contributed by atoms with Gasteiger partial charge in [0.1, 0.15) is 5.82 Å². The van der Waals surface area contributed by atoms with Crippen LogP contribution >= 0.6 is 15.9 Å². The third-order valence-electron chi connectivity index (χ3n) is 1.94. The molecule has 0 unspecified atom stereocenters. The lowest BCUT2D eigenvalue weighted by molar-refractivity contribution is 0.597. The number of sulfonamides is 1. The number of hydrogen-bond donors (Lipinski definition) is 2. The van der Waals surface area contributed by atoms with Crippen LogP contribution in [0.1, 0.15) is 0 Å². The van der Waals surface area contributed by atoms with Gasteiger partial charge in [0.25, 0.3) is 10.0 Å². The van der Waals surface area contributed by atoms with Crippen LogP contribution in [0.2, 0.25) is 0 Å². The minimum atomic E-state index is -3.73. The molecule has 0 aliphatic heterocycles. The van der Waals surface area contributed by atoms with Crippen LogP contribution in [-0.2, 0) is 10.0 Å². The second-order valence-electron chi connectivity index (χ2n) is 3.15. The van der Waals surface area contributed by atoms with Crippen molar-refractivity contribution in [3.63, 3.8) is 0 Å². The monoisotopic (exact) mass is 319 g/mol. The van der Waals surface area contributed by atoms with Gasteiger partial charge in [-0.15, -0.1) is 0 Å². The Labute approximate surface area is 105 Å². The SMILES string of the molecule is O=S(=O)(Nc1ccc(F)cc1Br)c1ccn[nH]1. The normalized spacial score (nSPS) is 11.4. The summed E-state index contributed by atoms with van der Waals surface area (Å²) in [5.74, 6) is -0.457. The molecule has 0 spiro atoms. The quantitative estimate of drug-likeness (QED) is 0.909. The molecule has 5 nitrogen and oxygen atoms in total. The van der Waals surface area contributed by atoms with Gasteiger partial charge in [-0.05, 0) is 40.2 Å². The lowest BCUT2D eigenvalue weighted by Crippen LogP contribution is -2.13. The van der Waals surface area contributed by atoms with Crippen LogP contribution < -0.4 is 4.72 Å². The van der Waals surface area contributed by atoms with Crippen LogP contribution in [0.25, 0.3) is 0 Å². The highest BCUT2D eigenvalue weighted by molar-refractivity contribution is 9.10. The minimum Gasteiger partial charge on any atom is -0.277 e. The second-order valence-corrected chi connectivity index (χ2v) is 5.66. The number of halogens is 2. The first-order valence-electron chi connectivity index (χ1n) is 4.46. The number of nitrogens with one attached hydrogen (secondary N) is 2. The molecule has 1 aromatic carbocycles. The minimum absolute atomic E-state index is 0.0614. The Hall–Kier alpha value is -1.41. The Bertz CT molecular complexity index is 628. The van der Waals surface area contributed by atoms with E-state index in [0.717, 1.165) is 6.07 Å².